The van der Waals surface area contributed by atoms with Gasteiger partial charge in [-0.2, -0.15) is 0 Å². The number of carbonyl (C=O) groups excluding carboxylic acids is 1. The number of imidazole rings is 1. The van der Waals surface area contributed by atoms with Crippen molar-refractivity contribution in [2.45, 2.75) is 13.8 Å². The van der Waals surface area contributed by atoms with E-state index in [4.69, 9.17) is 0 Å². The van der Waals surface area contributed by atoms with Gasteiger partial charge in [0, 0.05) is 29.2 Å². The lowest BCUT2D eigenvalue weighted by Gasteiger charge is -2.08. The van der Waals surface area contributed by atoms with Gasteiger partial charge in [-0.05, 0) is 49.2 Å². The molecule has 4 rings (SSSR count). The molecule has 0 aliphatic carbocycles. The summed E-state index contributed by atoms with van der Waals surface area (Å²) < 4.78 is 2.02. The van der Waals surface area contributed by atoms with Gasteiger partial charge in [0.05, 0.1) is 5.69 Å². The van der Waals surface area contributed by atoms with Gasteiger partial charge >= 0.3 is 0 Å². The maximum absolute atomic E-state index is 12.5. The molecule has 0 fully saturated rings. The smallest absolute Gasteiger partial charge is 0.255 e. The van der Waals surface area contributed by atoms with Gasteiger partial charge in [-0.25, -0.2) is 4.98 Å². The SMILES string of the molecule is Cc1ccc2nc(-c3cccc(NC(=O)c4ccccc4C)c3)cn2c1. The number of pyridine rings is 1. The Morgan fingerprint density at radius 2 is 1.81 bits per heavy atom. The Labute approximate surface area is 152 Å². The predicted molar refractivity (Wildman–Crippen MR) is 104 cm³/mol. The summed E-state index contributed by atoms with van der Waals surface area (Å²) in [5, 5.41) is 2.98. The number of nitrogens with one attached hydrogen (secondary N) is 1. The fraction of sp³-hybridized carbons (Fsp3) is 0.0909. The minimum absolute atomic E-state index is 0.106. The van der Waals surface area contributed by atoms with Crippen LogP contribution in [0.3, 0.4) is 0 Å². The summed E-state index contributed by atoms with van der Waals surface area (Å²) in [4.78, 5) is 17.2. The molecule has 0 radical (unpaired) electrons. The van der Waals surface area contributed by atoms with Gasteiger partial charge in [-0.15, -0.1) is 0 Å². The molecule has 2 heterocycles. The molecule has 0 unspecified atom stereocenters. The molecule has 0 aliphatic rings. The van der Waals surface area contributed by atoms with Crippen LogP contribution in [0.15, 0.2) is 73.1 Å². The molecule has 0 spiro atoms. The van der Waals surface area contributed by atoms with Gasteiger partial charge in [-0.3, -0.25) is 4.79 Å². The van der Waals surface area contributed by atoms with Gasteiger partial charge < -0.3 is 9.72 Å². The molecule has 26 heavy (non-hydrogen) atoms. The largest absolute Gasteiger partial charge is 0.322 e. The van der Waals surface area contributed by atoms with Crippen LogP contribution < -0.4 is 5.32 Å². The molecule has 0 bridgehead atoms. The summed E-state index contributed by atoms with van der Waals surface area (Å²) in [5.41, 5.74) is 6.32. The Morgan fingerprint density at radius 1 is 0.962 bits per heavy atom. The Kier molecular flexibility index (Phi) is 4.01. The van der Waals surface area contributed by atoms with Crippen molar-refractivity contribution in [1.29, 1.82) is 0 Å². The average molecular weight is 341 g/mol. The maximum Gasteiger partial charge on any atom is 0.255 e. The van der Waals surface area contributed by atoms with Crippen LogP contribution in [0.25, 0.3) is 16.9 Å². The number of aryl methyl sites for hydroxylation is 2. The van der Waals surface area contributed by atoms with E-state index >= 15 is 0 Å². The average Bonchev–Trinajstić information content (AvgIpc) is 3.05. The number of hydrogen-bond acceptors (Lipinski definition) is 2. The second-order valence-electron chi connectivity index (χ2n) is 6.45. The minimum Gasteiger partial charge on any atom is -0.322 e. The zero-order valence-electron chi connectivity index (χ0n) is 14.7. The van der Waals surface area contributed by atoms with E-state index in [9.17, 15) is 4.79 Å². The molecule has 0 saturated heterocycles. The van der Waals surface area contributed by atoms with Crippen molar-refractivity contribution in [2.24, 2.45) is 0 Å². The normalized spacial score (nSPS) is 10.8. The highest BCUT2D eigenvalue weighted by atomic mass is 16.1. The van der Waals surface area contributed by atoms with Crippen LogP contribution >= 0.6 is 0 Å². The summed E-state index contributed by atoms with van der Waals surface area (Å²) in [6, 6.07) is 19.4. The fourth-order valence-corrected chi connectivity index (χ4v) is 3.02. The molecule has 2 aromatic heterocycles. The Morgan fingerprint density at radius 3 is 2.65 bits per heavy atom. The molecule has 4 aromatic rings. The standard InChI is InChI=1S/C22H19N3O/c1-15-10-11-21-24-20(14-25(21)13-15)17-7-5-8-18(12-17)23-22(26)19-9-4-3-6-16(19)2/h3-14H,1-2H3,(H,23,26). The van der Waals surface area contributed by atoms with Gasteiger partial charge in [0.15, 0.2) is 0 Å². The van der Waals surface area contributed by atoms with E-state index in [2.05, 4.69) is 23.4 Å². The number of carbonyl (C=O) groups is 1. The van der Waals surface area contributed by atoms with Crippen molar-refractivity contribution in [2.75, 3.05) is 5.32 Å². The highest BCUT2D eigenvalue weighted by Gasteiger charge is 2.10. The lowest BCUT2D eigenvalue weighted by molar-refractivity contribution is 0.102. The molecule has 0 aliphatic heterocycles. The van der Waals surface area contributed by atoms with E-state index < -0.39 is 0 Å². The first-order valence-corrected chi connectivity index (χ1v) is 8.53. The molecule has 4 nitrogen and oxygen atoms in total. The van der Waals surface area contributed by atoms with Crippen LogP contribution in [-0.2, 0) is 0 Å². The van der Waals surface area contributed by atoms with Crippen LogP contribution in [0, 0.1) is 13.8 Å². The number of nitrogens with zero attached hydrogens (tertiary/aromatic N) is 2. The van der Waals surface area contributed by atoms with E-state index in [-0.39, 0.29) is 5.91 Å². The van der Waals surface area contributed by atoms with Crippen molar-refractivity contribution in [1.82, 2.24) is 9.38 Å². The van der Waals surface area contributed by atoms with Crippen molar-refractivity contribution < 1.29 is 4.79 Å². The van der Waals surface area contributed by atoms with Gasteiger partial charge in [0.1, 0.15) is 5.65 Å². The molecule has 128 valence electrons. The van der Waals surface area contributed by atoms with Crippen LogP contribution in [-0.4, -0.2) is 15.3 Å². The molecule has 0 atom stereocenters. The molecule has 1 amide bonds. The number of fused-ring (bicyclic) bond motifs is 1. The second-order valence-corrected chi connectivity index (χ2v) is 6.45. The van der Waals surface area contributed by atoms with Gasteiger partial charge in [-0.1, -0.05) is 36.4 Å². The van der Waals surface area contributed by atoms with E-state index in [1.54, 1.807) is 0 Å². The van der Waals surface area contributed by atoms with Crippen LogP contribution in [0.2, 0.25) is 0 Å². The zero-order valence-corrected chi connectivity index (χ0v) is 14.7. The summed E-state index contributed by atoms with van der Waals surface area (Å²) in [6.07, 6.45) is 4.06. The number of hydrogen-bond donors (Lipinski definition) is 1. The summed E-state index contributed by atoms with van der Waals surface area (Å²) in [5.74, 6) is -0.106. The van der Waals surface area contributed by atoms with Gasteiger partial charge in [0.25, 0.3) is 5.91 Å². The number of anilines is 1. The third-order valence-electron chi connectivity index (χ3n) is 4.40. The number of rotatable bonds is 3. The fourth-order valence-electron chi connectivity index (χ4n) is 3.02. The zero-order chi connectivity index (χ0) is 18.1. The summed E-state index contributed by atoms with van der Waals surface area (Å²) >= 11 is 0. The maximum atomic E-state index is 12.5. The highest BCUT2D eigenvalue weighted by molar-refractivity contribution is 6.05. The molecular weight excluding hydrogens is 322 g/mol. The molecule has 4 heteroatoms. The van der Waals surface area contributed by atoms with Crippen molar-refractivity contribution in [3.8, 4) is 11.3 Å². The Balaban J connectivity index is 1.64. The summed E-state index contributed by atoms with van der Waals surface area (Å²) in [6.45, 7) is 3.99. The van der Waals surface area contributed by atoms with Crippen molar-refractivity contribution in [3.63, 3.8) is 0 Å². The first-order chi connectivity index (χ1) is 12.6. The monoisotopic (exact) mass is 341 g/mol. The lowest BCUT2D eigenvalue weighted by atomic mass is 10.1. The Bertz CT molecular complexity index is 1110. The first-order valence-electron chi connectivity index (χ1n) is 8.53. The lowest BCUT2D eigenvalue weighted by Crippen LogP contribution is -2.13. The van der Waals surface area contributed by atoms with Crippen molar-refractivity contribution >= 4 is 17.2 Å². The Hall–Kier alpha value is -3.40. The second kappa shape index (κ2) is 6.48. The molecule has 1 N–H and O–H groups in total. The van der Waals surface area contributed by atoms with Gasteiger partial charge in [0.2, 0.25) is 0 Å². The minimum atomic E-state index is -0.106. The predicted octanol–water partition coefficient (Wildman–Crippen LogP) is 4.87. The van der Waals surface area contributed by atoms with Crippen LogP contribution in [0.1, 0.15) is 21.5 Å². The first kappa shape index (κ1) is 16.1. The molecular formula is C22H19N3O. The van der Waals surface area contributed by atoms with Crippen LogP contribution in [0.5, 0.6) is 0 Å². The van der Waals surface area contributed by atoms with Crippen LogP contribution in [0.4, 0.5) is 5.69 Å². The quantitative estimate of drug-likeness (QED) is 0.578. The third-order valence-corrected chi connectivity index (χ3v) is 4.40. The van der Waals surface area contributed by atoms with E-state index in [0.717, 1.165) is 28.2 Å². The highest BCUT2D eigenvalue weighted by Crippen LogP contribution is 2.23. The van der Waals surface area contributed by atoms with E-state index in [1.807, 2.05) is 78.2 Å². The third kappa shape index (κ3) is 3.09. The number of benzene rings is 2. The number of aromatic nitrogens is 2. The van der Waals surface area contributed by atoms with E-state index in [0.29, 0.717) is 5.56 Å². The summed E-state index contributed by atoms with van der Waals surface area (Å²) in [7, 11) is 0. The molecule has 2 aromatic carbocycles. The topological polar surface area (TPSA) is 46.4 Å². The van der Waals surface area contributed by atoms with Crippen molar-refractivity contribution in [3.05, 3.63) is 89.7 Å². The molecule has 0 saturated carbocycles. The number of amides is 1. The van der Waals surface area contributed by atoms with E-state index in [1.165, 1.54) is 5.56 Å².